The van der Waals surface area contributed by atoms with Crippen molar-refractivity contribution < 1.29 is 27.5 Å². The lowest BCUT2D eigenvalue weighted by molar-refractivity contribution is -0.297. The van der Waals surface area contributed by atoms with Crippen molar-refractivity contribution in [1.29, 1.82) is 0 Å². The number of carbonyl (C=O) groups is 1. The second-order valence-electron chi connectivity index (χ2n) is 5.93. The molecule has 1 atom stereocenters. The van der Waals surface area contributed by atoms with E-state index in [1.807, 2.05) is 6.92 Å². The fraction of sp³-hybridized carbons (Fsp3) is 0.294. The van der Waals surface area contributed by atoms with Crippen molar-refractivity contribution in [1.82, 2.24) is 5.01 Å². The van der Waals surface area contributed by atoms with E-state index in [0.717, 1.165) is 5.56 Å². The molecule has 1 amide bonds. The van der Waals surface area contributed by atoms with Crippen molar-refractivity contribution in [2.24, 2.45) is 5.10 Å². The zero-order valence-corrected chi connectivity index (χ0v) is 13.5. The van der Waals surface area contributed by atoms with Crippen molar-refractivity contribution in [2.75, 3.05) is 0 Å². The van der Waals surface area contributed by atoms with Gasteiger partial charge in [-0.25, -0.2) is 0 Å². The highest BCUT2D eigenvalue weighted by molar-refractivity contribution is 6.05. The van der Waals surface area contributed by atoms with E-state index >= 15 is 0 Å². The number of furan rings is 1. The molecular formula is C17H15F3N2O3. The summed E-state index contributed by atoms with van der Waals surface area (Å²) in [6, 6.07) is 9.30. The summed E-state index contributed by atoms with van der Waals surface area (Å²) in [5, 5.41) is 14.1. The summed E-state index contributed by atoms with van der Waals surface area (Å²) in [6.45, 7) is 3.39. The summed E-state index contributed by atoms with van der Waals surface area (Å²) in [6.07, 6.45) is -5.94. The molecule has 25 heavy (non-hydrogen) atoms. The molecule has 0 saturated heterocycles. The Hall–Kier alpha value is -2.61. The Kier molecular flexibility index (Phi) is 3.95. The molecule has 132 valence electrons. The van der Waals surface area contributed by atoms with Gasteiger partial charge >= 0.3 is 12.1 Å². The summed E-state index contributed by atoms with van der Waals surface area (Å²) in [4.78, 5) is 12.4. The predicted molar refractivity (Wildman–Crippen MR) is 83.0 cm³/mol. The summed E-state index contributed by atoms with van der Waals surface area (Å²) < 4.78 is 45.5. The molecule has 0 saturated carbocycles. The number of halogens is 3. The largest absolute Gasteiger partial charge is 0.456 e. The van der Waals surface area contributed by atoms with Crippen LogP contribution in [-0.2, 0) is 0 Å². The molecule has 0 aliphatic carbocycles. The molecule has 1 aromatic heterocycles. The predicted octanol–water partition coefficient (Wildman–Crippen LogP) is 3.40. The number of carbonyl (C=O) groups excluding carboxylic acids is 1. The van der Waals surface area contributed by atoms with Gasteiger partial charge in [-0.15, -0.1) is 0 Å². The van der Waals surface area contributed by atoms with Gasteiger partial charge in [0.25, 0.3) is 5.72 Å². The maximum absolute atomic E-state index is 13.5. The average Bonchev–Trinajstić information content (AvgIpc) is 3.11. The van der Waals surface area contributed by atoms with Gasteiger partial charge in [0, 0.05) is 0 Å². The van der Waals surface area contributed by atoms with Crippen molar-refractivity contribution >= 4 is 11.6 Å². The first-order valence-corrected chi connectivity index (χ1v) is 7.46. The van der Waals surface area contributed by atoms with Crippen LogP contribution in [0.2, 0.25) is 0 Å². The maximum atomic E-state index is 13.5. The first-order valence-electron chi connectivity index (χ1n) is 7.46. The van der Waals surface area contributed by atoms with Gasteiger partial charge in [0.15, 0.2) is 5.76 Å². The van der Waals surface area contributed by atoms with Crippen LogP contribution in [0.25, 0.3) is 0 Å². The number of benzene rings is 1. The smallest absolute Gasteiger partial charge is 0.438 e. The van der Waals surface area contributed by atoms with E-state index in [-0.39, 0.29) is 16.5 Å². The van der Waals surface area contributed by atoms with E-state index in [1.165, 1.54) is 12.1 Å². The number of nitrogens with zero attached hydrogens (tertiary/aromatic N) is 2. The standard InChI is InChI=1S/C17H15F3N2O3/c1-10-3-6-12(7-4-10)13-9-16(24,17(18,19)20)22(21-13)15(23)14-8-5-11(2)25-14/h3-8,24H,9H2,1-2H3. The fourth-order valence-corrected chi connectivity index (χ4v) is 2.54. The van der Waals surface area contributed by atoms with Crippen LogP contribution >= 0.6 is 0 Å². The first kappa shape index (κ1) is 17.2. The first-order chi connectivity index (χ1) is 11.6. The molecule has 0 bridgehead atoms. The summed E-state index contributed by atoms with van der Waals surface area (Å²) in [7, 11) is 0. The second-order valence-corrected chi connectivity index (χ2v) is 5.93. The molecule has 1 N–H and O–H groups in total. The lowest BCUT2D eigenvalue weighted by Gasteiger charge is -2.32. The van der Waals surface area contributed by atoms with Gasteiger partial charge in [-0.2, -0.15) is 23.3 Å². The molecule has 3 rings (SSSR count). The van der Waals surface area contributed by atoms with E-state index in [0.29, 0.717) is 11.3 Å². The van der Waals surface area contributed by atoms with Gasteiger partial charge in [0.1, 0.15) is 5.76 Å². The Balaban J connectivity index is 2.04. The molecule has 8 heteroatoms. The quantitative estimate of drug-likeness (QED) is 0.901. The Labute approximate surface area is 141 Å². The van der Waals surface area contributed by atoms with Gasteiger partial charge in [-0.05, 0) is 31.5 Å². The Bertz CT molecular complexity index is 840. The summed E-state index contributed by atoms with van der Waals surface area (Å²) >= 11 is 0. The van der Waals surface area contributed by atoms with Gasteiger partial charge in [-0.1, -0.05) is 29.8 Å². The molecule has 1 unspecified atom stereocenters. The molecule has 0 radical (unpaired) electrons. The minimum Gasteiger partial charge on any atom is -0.456 e. The molecule has 1 aromatic carbocycles. The van der Waals surface area contributed by atoms with Crippen molar-refractivity contribution in [3.8, 4) is 0 Å². The number of aliphatic hydroxyl groups is 1. The number of hydrazone groups is 1. The topological polar surface area (TPSA) is 66.0 Å². The molecular weight excluding hydrogens is 337 g/mol. The fourth-order valence-electron chi connectivity index (χ4n) is 2.54. The SMILES string of the molecule is Cc1ccc(C2=NN(C(=O)c3ccc(C)o3)C(O)(C(F)(F)F)C2)cc1. The Morgan fingerprint density at radius 1 is 1.20 bits per heavy atom. The number of hydrogen-bond donors (Lipinski definition) is 1. The number of hydrogen-bond acceptors (Lipinski definition) is 4. The van der Waals surface area contributed by atoms with Gasteiger partial charge in [0.05, 0.1) is 12.1 Å². The van der Waals surface area contributed by atoms with Gasteiger partial charge in [0.2, 0.25) is 0 Å². The summed E-state index contributed by atoms with van der Waals surface area (Å²) in [5.74, 6) is -1.12. The van der Waals surface area contributed by atoms with Crippen LogP contribution in [0.3, 0.4) is 0 Å². The average molecular weight is 352 g/mol. The number of amides is 1. The second kappa shape index (κ2) is 5.73. The number of rotatable bonds is 2. The highest BCUT2D eigenvalue weighted by atomic mass is 19.4. The van der Waals surface area contributed by atoms with Crippen LogP contribution in [0.4, 0.5) is 13.2 Å². The van der Waals surface area contributed by atoms with E-state index in [2.05, 4.69) is 5.10 Å². The monoisotopic (exact) mass is 352 g/mol. The zero-order chi connectivity index (χ0) is 18.4. The van der Waals surface area contributed by atoms with E-state index in [9.17, 15) is 23.1 Å². The van der Waals surface area contributed by atoms with Crippen LogP contribution in [0.5, 0.6) is 0 Å². The highest BCUT2D eigenvalue weighted by Gasteiger charge is 2.63. The van der Waals surface area contributed by atoms with Crippen molar-refractivity contribution in [3.05, 3.63) is 59.0 Å². The third-order valence-corrected chi connectivity index (χ3v) is 3.97. The van der Waals surface area contributed by atoms with Crippen molar-refractivity contribution in [2.45, 2.75) is 32.2 Å². The molecule has 0 fully saturated rings. The van der Waals surface area contributed by atoms with Crippen LogP contribution in [0, 0.1) is 13.8 Å². The van der Waals surface area contributed by atoms with Crippen LogP contribution in [0.1, 0.15) is 33.9 Å². The Morgan fingerprint density at radius 2 is 1.84 bits per heavy atom. The number of aryl methyl sites for hydroxylation is 2. The van der Waals surface area contributed by atoms with Crippen LogP contribution in [-0.4, -0.2) is 33.6 Å². The van der Waals surface area contributed by atoms with Gasteiger partial charge < -0.3 is 9.52 Å². The highest BCUT2D eigenvalue weighted by Crippen LogP contribution is 2.42. The minimum absolute atomic E-state index is 0.0311. The van der Waals surface area contributed by atoms with Crippen LogP contribution < -0.4 is 0 Å². The maximum Gasteiger partial charge on any atom is 0.438 e. The Morgan fingerprint density at radius 3 is 2.36 bits per heavy atom. The van der Waals surface area contributed by atoms with E-state index in [4.69, 9.17) is 4.42 Å². The lowest BCUT2D eigenvalue weighted by atomic mass is 10.00. The molecule has 2 aromatic rings. The minimum atomic E-state index is -5.08. The van der Waals surface area contributed by atoms with Crippen LogP contribution in [0.15, 0.2) is 45.9 Å². The lowest BCUT2D eigenvalue weighted by Crippen LogP contribution is -2.56. The normalized spacial score (nSPS) is 20.7. The number of alkyl halides is 3. The summed E-state index contributed by atoms with van der Waals surface area (Å²) in [5.41, 5.74) is -2.13. The van der Waals surface area contributed by atoms with Crippen molar-refractivity contribution in [3.63, 3.8) is 0 Å². The molecule has 1 aliphatic rings. The molecule has 0 spiro atoms. The van der Waals surface area contributed by atoms with Gasteiger partial charge in [-0.3, -0.25) is 4.79 Å². The third-order valence-electron chi connectivity index (χ3n) is 3.97. The zero-order valence-electron chi connectivity index (χ0n) is 13.5. The van der Waals surface area contributed by atoms with E-state index in [1.54, 1.807) is 31.2 Å². The molecule has 1 aliphatic heterocycles. The molecule has 2 heterocycles. The third kappa shape index (κ3) is 2.93. The van der Waals surface area contributed by atoms with E-state index < -0.39 is 24.2 Å². The molecule has 5 nitrogen and oxygen atoms in total.